The maximum Gasteiger partial charge on any atom is 0.226 e. The molecular formula is C15H16N2O2. The molecule has 0 bridgehead atoms. The minimum atomic E-state index is 0.0693. The molecule has 0 N–H and O–H groups in total. The fourth-order valence-electron chi connectivity index (χ4n) is 2.38. The topological polar surface area (TPSA) is 46.3 Å². The molecule has 4 heteroatoms. The number of amides is 1. The molecule has 1 aliphatic rings. The van der Waals surface area contributed by atoms with Crippen molar-refractivity contribution in [3.8, 4) is 0 Å². The summed E-state index contributed by atoms with van der Waals surface area (Å²) in [5.74, 6) is 1.42. The lowest BCUT2D eigenvalue weighted by Gasteiger charge is -2.16. The summed E-state index contributed by atoms with van der Waals surface area (Å²) in [5, 5.41) is 0. The smallest absolute Gasteiger partial charge is 0.226 e. The summed E-state index contributed by atoms with van der Waals surface area (Å²) in [5.41, 5.74) is 0.911. The number of aromatic nitrogens is 1. The Morgan fingerprint density at radius 3 is 3.00 bits per heavy atom. The number of furan rings is 1. The SMILES string of the molecule is CN(Cc1ccccn1)C(=O)[C@H]1C[C@H]1c1ccco1. The van der Waals surface area contributed by atoms with Crippen LogP contribution in [-0.2, 0) is 11.3 Å². The predicted octanol–water partition coefficient (Wildman–Crippen LogP) is 2.44. The first kappa shape index (κ1) is 12.0. The van der Waals surface area contributed by atoms with Crippen molar-refractivity contribution in [3.05, 3.63) is 54.2 Å². The third kappa shape index (κ3) is 2.52. The molecule has 1 aliphatic carbocycles. The number of nitrogens with zero attached hydrogens (tertiary/aromatic N) is 2. The van der Waals surface area contributed by atoms with Gasteiger partial charge in [-0.1, -0.05) is 6.07 Å². The van der Waals surface area contributed by atoms with Gasteiger partial charge in [-0.2, -0.15) is 0 Å². The third-order valence-corrected chi connectivity index (χ3v) is 3.52. The molecule has 0 saturated heterocycles. The second kappa shape index (κ2) is 4.88. The van der Waals surface area contributed by atoms with Crippen molar-refractivity contribution in [2.75, 3.05) is 7.05 Å². The molecule has 1 saturated carbocycles. The van der Waals surface area contributed by atoms with E-state index in [2.05, 4.69) is 4.98 Å². The molecule has 0 aliphatic heterocycles. The Bertz CT molecular complexity index is 551. The molecule has 0 spiro atoms. The molecule has 2 heterocycles. The largest absolute Gasteiger partial charge is 0.469 e. The van der Waals surface area contributed by atoms with Gasteiger partial charge in [0.15, 0.2) is 0 Å². The monoisotopic (exact) mass is 256 g/mol. The first-order valence-electron chi connectivity index (χ1n) is 6.44. The third-order valence-electron chi connectivity index (χ3n) is 3.52. The molecule has 1 amide bonds. The van der Waals surface area contributed by atoms with Crippen molar-refractivity contribution in [3.63, 3.8) is 0 Å². The van der Waals surface area contributed by atoms with Crippen molar-refractivity contribution in [1.29, 1.82) is 0 Å². The van der Waals surface area contributed by atoms with Crippen molar-refractivity contribution in [2.24, 2.45) is 5.92 Å². The number of hydrogen-bond donors (Lipinski definition) is 0. The first-order chi connectivity index (χ1) is 9.25. The highest BCUT2D eigenvalue weighted by atomic mass is 16.3. The van der Waals surface area contributed by atoms with Crippen molar-refractivity contribution >= 4 is 5.91 Å². The normalized spacial score (nSPS) is 21.1. The molecule has 0 aromatic carbocycles. The van der Waals surface area contributed by atoms with E-state index in [9.17, 15) is 4.79 Å². The summed E-state index contributed by atoms with van der Waals surface area (Å²) in [6.07, 6.45) is 4.29. The van der Waals surface area contributed by atoms with Crippen LogP contribution in [0.3, 0.4) is 0 Å². The predicted molar refractivity (Wildman–Crippen MR) is 70.3 cm³/mol. The molecule has 0 unspecified atom stereocenters. The maximum atomic E-state index is 12.3. The van der Waals surface area contributed by atoms with Gasteiger partial charge in [-0.25, -0.2) is 0 Å². The molecule has 2 atom stereocenters. The van der Waals surface area contributed by atoms with E-state index in [0.717, 1.165) is 17.9 Å². The average molecular weight is 256 g/mol. The summed E-state index contributed by atoms with van der Waals surface area (Å²) < 4.78 is 5.35. The fourth-order valence-corrected chi connectivity index (χ4v) is 2.38. The molecule has 2 aromatic heterocycles. The van der Waals surface area contributed by atoms with Gasteiger partial charge in [-0.3, -0.25) is 9.78 Å². The number of pyridine rings is 1. The number of rotatable bonds is 4. The molecule has 4 nitrogen and oxygen atoms in total. The lowest BCUT2D eigenvalue weighted by Crippen LogP contribution is -2.28. The summed E-state index contributed by atoms with van der Waals surface area (Å²) >= 11 is 0. The highest BCUT2D eigenvalue weighted by molar-refractivity contribution is 5.82. The summed E-state index contributed by atoms with van der Waals surface area (Å²) in [7, 11) is 1.83. The fraction of sp³-hybridized carbons (Fsp3) is 0.333. The summed E-state index contributed by atoms with van der Waals surface area (Å²) in [4.78, 5) is 18.3. The Morgan fingerprint density at radius 1 is 1.42 bits per heavy atom. The van der Waals surface area contributed by atoms with E-state index in [1.165, 1.54) is 0 Å². The molecule has 19 heavy (non-hydrogen) atoms. The number of hydrogen-bond acceptors (Lipinski definition) is 3. The molecule has 1 fully saturated rings. The van der Waals surface area contributed by atoms with Crippen LogP contribution in [0, 0.1) is 5.92 Å². The van der Waals surface area contributed by atoms with Crippen LogP contribution in [0.5, 0.6) is 0 Å². The Labute approximate surface area is 112 Å². The molecular weight excluding hydrogens is 240 g/mol. The maximum absolute atomic E-state index is 12.3. The van der Waals surface area contributed by atoms with Crippen LogP contribution in [0.4, 0.5) is 0 Å². The van der Waals surface area contributed by atoms with Crippen LogP contribution in [0.1, 0.15) is 23.8 Å². The quantitative estimate of drug-likeness (QED) is 0.844. The minimum absolute atomic E-state index is 0.0693. The van der Waals surface area contributed by atoms with E-state index >= 15 is 0 Å². The summed E-state index contributed by atoms with van der Waals surface area (Å²) in [6, 6.07) is 9.55. The zero-order valence-corrected chi connectivity index (χ0v) is 10.8. The standard InChI is InChI=1S/C15H16N2O2/c1-17(10-11-5-2-3-7-16-11)15(18)13-9-12(13)14-6-4-8-19-14/h2-8,12-13H,9-10H2,1H3/t12-,13+/m1/s1. The van der Waals surface area contributed by atoms with E-state index < -0.39 is 0 Å². The van der Waals surface area contributed by atoms with Crippen molar-refractivity contribution in [1.82, 2.24) is 9.88 Å². The van der Waals surface area contributed by atoms with E-state index in [-0.39, 0.29) is 17.7 Å². The van der Waals surface area contributed by atoms with Crippen LogP contribution in [0.15, 0.2) is 47.2 Å². The average Bonchev–Trinajstić information content (AvgIpc) is 3.04. The lowest BCUT2D eigenvalue weighted by atomic mass is 10.2. The van der Waals surface area contributed by atoms with Crippen LogP contribution in [-0.4, -0.2) is 22.8 Å². The molecule has 2 aromatic rings. The minimum Gasteiger partial charge on any atom is -0.469 e. The van der Waals surface area contributed by atoms with Gasteiger partial charge in [-0.05, 0) is 30.7 Å². The Morgan fingerprint density at radius 2 is 2.32 bits per heavy atom. The van der Waals surface area contributed by atoms with Gasteiger partial charge in [0.1, 0.15) is 5.76 Å². The highest BCUT2D eigenvalue weighted by Gasteiger charge is 2.46. The van der Waals surface area contributed by atoms with Crippen molar-refractivity contribution < 1.29 is 9.21 Å². The Balaban J connectivity index is 1.60. The molecule has 98 valence electrons. The van der Waals surface area contributed by atoms with E-state index in [1.807, 2.05) is 37.4 Å². The summed E-state index contributed by atoms with van der Waals surface area (Å²) in [6.45, 7) is 0.557. The van der Waals surface area contributed by atoms with E-state index in [0.29, 0.717) is 6.54 Å². The van der Waals surface area contributed by atoms with Gasteiger partial charge in [-0.15, -0.1) is 0 Å². The second-order valence-electron chi connectivity index (χ2n) is 4.98. The van der Waals surface area contributed by atoms with Crippen LogP contribution >= 0.6 is 0 Å². The number of carbonyl (C=O) groups is 1. The van der Waals surface area contributed by atoms with Gasteiger partial charge in [0.05, 0.1) is 18.5 Å². The Kier molecular flexibility index (Phi) is 3.07. The number of carbonyl (C=O) groups excluding carboxylic acids is 1. The van der Waals surface area contributed by atoms with E-state index in [1.54, 1.807) is 17.4 Å². The lowest BCUT2D eigenvalue weighted by molar-refractivity contribution is -0.132. The molecule has 0 radical (unpaired) electrons. The van der Waals surface area contributed by atoms with Gasteiger partial charge in [0, 0.05) is 25.1 Å². The Hall–Kier alpha value is -2.10. The highest BCUT2D eigenvalue weighted by Crippen LogP contribution is 2.48. The zero-order chi connectivity index (χ0) is 13.2. The van der Waals surface area contributed by atoms with Crippen LogP contribution in [0.25, 0.3) is 0 Å². The van der Waals surface area contributed by atoms with E-state index in [4.69, 9.17) is 4.42 Å². The van der Waals surface area contributed by atoms with Crippen molar-refractivity contribution in [2.45, 2.75) is 18.9 Å². The second-order valence-corrected chi connectivity index (χ2v) is 4.98. The van der Waals surface area contributed by atoms with Gasteiger partial charge < -0.3 is 9.32 Å². The van der Waals surface area contributed by atoms with Gasteiger partial charge in [0.2, 0.25) is 5.91 Å². The molecule has 3 rings (SSSR count). The van der Waals surface area contributed by atoms with Gasteiger partial charge in [0.25, 0.3) is 0 Å². The van der Waals surface area contributed by atoms with Gasteiger partial charge >= 0.3 is 0 Å². The van der Waals surface area contributed by atoms with Crippen LogP contribution in [0.2, 0.25) is 0 Å². The van der Waals surface area contributed by atoms with Crippen LogP contribution < -0.4 is 0 Å². The zero-order valence-electron chi connectivity index (χ0n) is 10.8. The first-order valence-corrected chi connectivity index (χ1v) is 6.44.